The van der Waals surface area contributed by atoms with Gasteiger partial charge in [-0.05, 0) is 44.2 Å². The number of hydrogen-bond donors (Lipinski definition) is 2. The maximum absolute atomic E-state index is 12.7. The van der Waals surface area contributed by atoms with Crippen LogP contribution < -0.4 is 5.32 Å². The van der Waals surface area contributed by atoms with E-state index in [9.17, 15) is 14.7 Å². The Kier molecular flexibility index (Phi) is 11.5. The Morgan fingerprint density at radius 3 is 2.35 bits per heavy atom. The van der Waals surface area contributed by atoms with E-state index >= 15 is 0 Å². The summed E-state index contributed by atoms with van der Waals surface area (Å²) in [5.41, 5.74) is 4.77. The van der Waals surface area contributed by atoms with E-state index in [1.54, 1.807) is 11.2 Å². The van der Waals surface area contributed by atoms with Crippen LogP contribution in [-0.4, -0.2) is 51.3 Å². The summed E-state index contributed by atoms with van der Waals surface area (Å²) in [4.78, 5) is 24.6. The average Bonchev–Trinajstić information content (AvgIpc) is 3.59. The van der Waals surface area contributed by atoms with Gasteiger partial charge in [-0.2, -0.15) is 0 Å². The summed E-state index contributed by atoms with van der Waals surface area (Å²) in [6, 6.07) is 9.81. The highest BCUT2D eigenvalue weighted by Crippen LogP contribution is 2.30. The van der Waals surface area contributed by atoms with E-state index in [4.69, 9.17) is 9.05 Å². The summed E-state index contributed by atoms with van der Waals surface area (Å²) in [6.45, 7) is 14.7. The van der Waals surface area contributed by atoms with Crippen molar-refractivity contribution in [3.05, 3.63) is 59.3 Å². The number of aromatic nitrogens is 2. The van der Waals surface area contributed by atoms with Crippen molar-refractivity contribution < 1.29 is 23.7 Å². The molecule has 0 saturated carbocycles. The number of hydrogen-bond acceptors (Lipinski definition) is 7. The number of nitrogens with zero attached hydrogens (tertiary/aromatic N) is 3. The van der Waals surface area contributed by atoms with Crippen LogP contribution in [-0.2, 0) is 16.1 Å². The van der Waals surface area contributed by atoms with Gasteiger partial charge in [0.2, 0.25) is 12.3 Å². The molecule has 1 fully saturated rings. The molecule has 0 aliphatic carbocycles. The lowest BCUT2D eigenvalue weighted by atomic mass is 9.91. The Labute approximate surface area is 219 Å². The van der Waals surface area contributed by atoms with E-state index in [0.717, 1.165) is 28.1 Å². The first-order valence-corrected chi connectivity index (χ1v) is 12.8. The normalized spacial score (nSPS) is 17.4. The number of carbonyl (C=O) groups excluding carboxylic acids is 2. The molecule has 202 valence electrons. The molecular weight excluding hydrogens is 472 g/mol. The second-order valence-electron chi connectivity index (χ2n) is 9.33. The van der Waals surface area contributed by atoms with Crippen molar-refractivity contribution in [3.63, 3.8) is 0 Å². The minimum atomic E-state index is -0.414. The molecule has 0 bridgehead atoms. The molecule has 3 unspecified atom stereocenters. The van der Waals surface area contributed by atoms with Gasteiger partial charge in [-0.1, -0.05) is 62.3 Å². The minimum Gasteiger partial charge on any atom is -0.391 e. The summed E-state index contributed by atoms with van der Waals surface area (Å²) in [5.74, 6) is 0.444. The molecule has 9 heteroatoms. The highest BCUT2D eigenvalue weighted by atomic mass is 16.5. The van der Waals surface area contributed by atoms with Crippen molar-refractivity contribution in [3.8, 4) is 11.1 Å². The number of aliphatic hydroxyl groups excluding tert-OH is 1. The number of amides is 2. The van der Waals surface area contributed by atoms with Crippen LogP contribution >= 0.6 is 0 Å². The van der Waals surface area contributed by atoms with E-state index in [0.29, 0.717) is 31.7 Å². The molecule has 0 spiro atoms. The Morgan fingerprint density at radius 2 is 1.89 bits per heavy atom. The smallest absolute Gasteiger partial charge is 0.234 e. The largest absolute Gasteiger partial charge is 0.391 e. The molecule has 37 heavy (non-hydrogen) atoms. The van der Waals surface area contributed by atoms with Gasteiger partial charge in [0.1, 0.15) is 17.9 Å². The molecular formula is C28H40N4O5. The standard InChI is InChI=1S/C14H22N2O3.C12H12N2O2.C2H6/c1-8(2)13(12-5-9(3)15-19-12)14(18)16-7-11(17)6-10(16)4;1-9-12(7-16-14-9)11-4-2-10(3-5-11)6-13-8-15;1-2/h5,8,10-11,13,17H,6-7H2,1-4H3;2-5,7-8H,6H2,1H3,(H,13,15);1-2H3. The zero-order valence-electron chi connectivity index (χ0n) is 22.9. The van der Waals surface area contributed by atoms with Gasteiger partial charge in [-0.15, -0.1) is 0 Å². The quantitative estimate of drug-likeness (QED) is 0.443. The van der Waals surface area contributed by atoms with Crippen LogP contribution in [0.5, 0.6) is 0 Å². The van der Waals surface area contributed by atoms with Crippen molar-refractivity contribution in [1.82, 2.24) is 20.5 Å². The molecule has 1 aliphatic heterocycles. The van der Waals surface area contributed by atoms with Crippen molar-refractivity contribution in [2.75, 3.05) is 6.54 Å². The Morgan fingerprint density at radius 1 is 1.22 bits per heavy atom. The van der Waals surface area contributed by atoms with Gasteiger partial charge in [-0.25, -0.2) is 0 Å². The Hall–Kier alpha value is -3.46. The molecule has 1 aliphatic rings. The lowest BCUT2D eigenvalue weighted by Gasteiger charge is -2.27. The van der Waals surface area contributed by atoms with Gasteiger partial charge in [0.15, 0.2) is 0 Å². The Bertz CT molecular complexity index is 1110. The fourth-order valence-electron chi connectivity index (χ4n) is 4.28. The second kappa shape index (κ2) is 14.3. The van der Waals surface area contributed by atoms with Crippen LogP contribution in [0.2, 0.25) is 0 Å². The SMILES string of the molecule is CC.Cc1cc(C(C(=O)N2CC(O)CC2C)C(C)C)on1.Cc1nocc1-c1ccc(CNC=O)cc1. The fraction of sp³-hybridized carbons (Fsp3) is 0.500. The maximum Gasteiger partial charge on any atom is 0.234 e. The van der Waals surface area contributed by atoms with E-state index < -0.39 is 6.10 Å². The number of likely N-dealkylation sites (tertiary alicyclic amines) is 1. The molecule has 3 heterocycles. The molecule has 9 nitrogen and oxygen atoms in total. The maximum atomic E-state index is 12.7. The van der Waals surface area contributed by atoms with Gasteiger partial charge in [0.25, 0.3) is 0 Å². The van der Waals surface area contributed by atoms with E-state index in [1.165, 1.54) is 0 Å². The lowest BCUT2D eigenvalue weighted by Crippen LogP contribution is -2.39. The third-order valence-corrected chi connectivity index (χ3v) is 6.13. The summed E-state index contributed by atoms with van der Waals surface area (Å²) in [7, 11) is 0. The van der Waals surface area contributed by atoms with Crippen LogP contribution in [0.3, 0.4) is 0 Å². The summed E-state index contributed by atoms with van der Waals surface area (Å²) < 4.78 is 10.2. The first-order valence-electron chi connectivity index (χ1n) is 12.8. The molecule has 0 radical (unpaired) electrons. The van der Waals surface area contributed by atoms with Crippen molar-refractivity contribution in [1.29, 1.82) is 0 Å². The zero-order chi connectivity index (χ0) is 27.5. The van der Waals surface area contributed by atoms with Gasteiger partial charge in [-0.3, -0.25) is 9.59 Å². The number of β-amino-alcohol motifs (C(OH)–C–C–N with tert-alkyl or cyclic N) is 1. The average molecular weight is 513 g/mol. The van der Waals surface area contributed by atoms with Gasteiger partial charge in [0, 0.05) is 30.8 Å². The summed E-state index contributed by atoms with van der Waals surface area (Å²) in [5, 5.41) is 20.0. The molecule has 3 atom stereocenters. The lowest BCUT2D eigenvalue weighted by molar-refractivity contribution is -0.135. The molecule has 1 aromatic carbocycles. The fourth-order valence-corrected chi connectivity index (χ4v) is 4.28. The molecule has 2 amide bonds. The first kappa shape index (κ1) is 29.8. The molecule has 3 aromatic rings. The predicted molar refractivity (Wildman–Crippen MR) is 142 cm³/mol. The van der Waals surface area contributed by atoms with Crippen molar-refractivity contribution in [2.24, 2.45) is 5.92 Å². The first-order chi connectivity index (χ1) is 17.7. The van der Waals surface area contributed by atoms with E-state index in [1.807, 2.05) is 78.8 Å². The monoisotopic (exact) mass is 512 g/mol. The second-order valence-corrected chi connectivity index (χ2v) is 9.33. The third-order valence-electron chi connectivity index (χ3n) is 6.13. The van der Waals surface area contributed by atoms with Crippen molar-refractivity contribution >= 4 is 12.3 Å². The summed E-state index contributed by atoms with van der Waals surface area (Å²) >= 11 is 0. The van der Waals surface area contributed by atoms with Crippen LogP contribution in [0.1, 0.15) is 69.7 Å². The number of nitrogens with one attached hydrogen (secondary N) is 1. The highest BCUT2D eigenvalue weighted by Gasteiger charge is 2.38. The van der Waals surface area contributed by atoms with Gasteiger partial charge in [0.05, 0.1) is 17.5 Å². The third kappa shape index (κ3) is 8.01. The molecule has 2 N–H and O–H groups in total. The zero-order valence-corrected chi connectivity index (χ0v) is 22.9. The number of benzene rings is 1. The van der Waals surface area contributed by atoms with Gasteiger partial charge >= 0.3 is 0 Å². The van der Waals surface area contributed by atoms with Crippen LogP contribution in [0.15, 0.2) is 45.6 Å². The van der Waals surface area contributed by atoms with Crippen molar-refractivity contribution in [2.45, 2.75) is 79.5 Å². The topological polar surface area (TPSA) is 122 Å². The minimum absolute atomic E-state index is 0.0233. The molecule has 2 aromatic heterocycles. The van der Waals surface area contributed by atoms with Crippen LogP contribution in [0.25, 0.3) is 11.1 Å². The van der Waals surface area contributed by atoms with Crippen LogP contribution in [0, 0.1) is 19.8 Å². The van der Waals surface area contributed by atoms with Crippen LogP contribution in [0.4, 0.5) is 0 Å². The van der Waals surface area contributed by atoms with E-state index in [2.05, 4.69) is 15.6 Å². The van der Waals surface area contributed by atoms with Gasteiger partial charge < -0.3 is 24.4 Å². The number of rotatable bonds is 7. The number of aliphatic hydroxyl groups is 1. The highest BCUT2D eigenvalue weighted by molar-refractivity contribution is 5.84. The summed E-state index contributed by atoms with van der Waals surface area (Å²) in [6.07, 6.45) is 2.56. The number of carbonyl (C=O) groups is 2. The molecule has 4 rings (SSSR count). The number of aryl methyl sites for hydroxylation is 2. The van der Waals surface area contributed by atoms with E-state index in [-0.39, 0.29) is 23.8 Å². The molecule has 1 saturated heterocycles. The predicted octanol–water partition coefficient (Wildman–Crippen LogP) is 4.63. The Balaban J connectivity index is 0.000000247.